The molecule has 154 valence electrons. The van der Waals surface area contributed by atoms with Gasteiger partial charge >= 0.3 is 0 Å². The Labute approximate surface area is 184 Å². The molecule has 0 fully saturated rings. The molecular weight excluding hydrogens is 396 g/mol. The Bertz CT molecular complexity index is 1550. The lowest BCUT2D eigenvalue weighted by atomic mass is 10.0. The van der Waals surface area contributed by atoms with Crippen LogP contribution in [0.1, 0.15) is 0 Å². The minimum Gasteiger partial charge on any atom is -0.497 e. The lowest BCUT2D eigenvalue weighted by molar-refractivity contribution is 0.415. The summed E-state index contributed by atoms with van der Waals surface area (Å²) in [5.41, 5.74) is 8.25. The number of rotatable bonds is 4. The molecule has 0 saturated carbocycles. The highest BCUT2D eigenvalue weighted by molar-refractivity contribution is 5.88. The van der Waals surface area contributed by atoms with Crippen molar-refractivity contribution in [3.63, 3.8) is 0 Å². The van der Waals surface area contributed by atoms with Gasteiger partial charge in [-0.15, -0.1) is 0 Å². The van der Waals surface area contributed by atoms with E-state index in [1.807, 2.05) is 42.5 Å². The Morgan fingerprint density at radius 1 is 0.562 bits per heavy atom. The summed E-state index contributed by atoms with van der Waals surface area (Å²) in [5.74, 6) is 2.55. The van der Waals surface area contributed by atoms with Crippen LogP contribution in [0.15, 0.2) is 91.0 Å². The zero-order valence-corrected chi connectivity index (χ0v) is 17.5. The SMILES string of the molecule is COc1ccc(-c2nc3cc(-c4ccc5nc(-c6ccccc6)[nH]c5c4)ccc3[nH]2)cc1. The molecule has 0 atom stereocenters. The largest absolute Gasteiger partial charge is 0.497 e. The summed E-state index contributed by atoms with van der Waals surface area (Å²) in [6.45, 7) is 0. The van der Waals surface area contributed by atoms with Crippen LogP contribution in [0, 0.1) is 0 Å². The summed E-state index contributed by atoms with van der Waals surface area (Å²) < 4.78 is 5.25. The molecule has 5 heteroatoms. The third-order valence-corrected chi connectivity index (χ3v) is 5.71. The van der Waals surface area contributed by atoms with E-state index in [0.29, 0.717) is 0 Å². The van der Waals surface area contributed by atoms with E-state index in [0.717, 1.165) is 61.7 Å². The van der Waals surface area contributed by atoms with Crippen molar-refractivity contribution >= 4 is 22.1 Å². The van der Waals surface area contributed by atoms with Crippen LogP contribution in [0.3, 0.4) is 0 Å². The standard InChI is InChI=1S/C27H20N4O/c1-32-21-11-7-18(8-12-21)27-29-23-14-10-20(16-25(23)31-27)19-9-13-22-24(15-19)30-26(28-22)17-5-3-2-4-6-17/h2-16H,1H3,(H,28,30)(H,29,31). The predicted molar refractivity (Wildman–Crippen MR) is 129 cm³/mol. The van der Waals surface area contributed by atoms with Crippen molar-refractivity contribution in [1.82, 2.24) is 19.9 Å². The van der Waals surface area contributed by atoms with E-state index in [4.69, 9.17) is 14.7 Å². The number of hydrogen-bond donors (Lipinski definition) is 2. The minimum absolute atomic E-state index is 0.830. The Kier molecular flexibility index (Phi) is 4.25. The van der Waals surface area contributed by atoms with Gasteiger partial charge in [0.1, 0.15) is 17.4 Å². The molecule has 0 amide bonds. The van der Waals surface area contributed by atoms with Crippen LogP contribution >= 0.6 is 0 Å². The van der Waals surface area contributed by atoms with Gasteiger partial charge in [0, 0.05) is 11.1 Å². The fourth-order valence-corrected chi connectivity index (χ4v) is 3.99. The first-order valence-corrected chi connectivity index (χ1v) is 10.5. The maximum Gasteiger partial charge on any atom is 0.138 e. The zero-order valence-electron chi connectivity index (χ0n) is 17.5. The molecule has 4 aromatic carbocycles. The molecule has 6 aromatic rings. The average molecular weight is 416 g/mol. The highest BCUT2D eigenvalue weighted by Crippen LogP contribution is 2.29. The number of imidazole rings is 2. The van der Waals surface area contributed by atoms with E-state index in [9.17, 15) is 0 Å². The molecule has 0 aliphatic heterocycles. The van der Waals surface area contributed by atoms with Gasteiger partial charge in [-0.2, -0.15) is 0 Å². The van der Waals surface area contributed by atoms with Gasteiger partial charge in [-0.1, -0.05) is 42.5 Å². The van der Waals surface area contributed by atoms with E-state index < -0.39 is 0 Å². The number of hydrogen-bond acceptors (Lipinski definition) is 3. The van der Waals surface area contributed by atoms with Gasteiger partial charge < -0.3 is 14.7 Å². The minimum atomic E-state index is 0.830. The number of benzene rings is 4. The van der Waals surface area contributed by atoms with E-state index in [1.54, 1.807) is 7.11 Å². The smallest absolute Gasteiger partial charge is 0.138 e. The molecule has 0 bridgehead atoms. The third kappa shape index (κ3) is 3.20. The van der Waals surface area contributed by atoms with Crippen LogP contribution in [0.25, 0.3) is 56.0 Å². The van der Waals surface area contributed by atoms with Gasteiger partial charge in [-0.05, 0) is 59.7 Å². The molecule has 2 N–H and O–H groups in total. The molecule has 0 spiro atoms. The fraction of sp³-hybridized carbons (Fsp3) is 0.0370. The second kappa shape index (κ2) is 7.39. The molecule has 2 aromatic heterocycles. The highest BCUT2D eigenvalue weighted by Gasteiger charge is 2.10. The van der Waals surface area contributed by atoms with Crippen molar-refractivity contribution in [1.29, 1.82) is 0 Å². The number of nitrogens with zero attached hydrogens (tertiary/aromatic N) is 2. The Balaban J connectivity index is 1.36. The Morgan fingerprint density at radius 2 is 1.19 bits per heavy atom. The van der Waals surface area contributed by atoms with Crippen LogP contribution in [0.4, 0.5) is 0 Å². The van der Waals surface area contributed by atoms with E-state index in [1.165, 1.54) is 0 Å². The Hall–Kier alpha value is -4.38. The molecule has 0 aliphatic rings. The lowest BCUT2D eigenvalue weighted by Gasteiger charge is -2.01. The lowest BCUT2D eigenvalue weighted by Crippen LogP contribution is -1.83. The summed E-state index contributed by atoms with van der Waals surface area (Å²) >= 11 is 0. The first-order valence-electron chi connectivity index (χ1n) is 10.5. The summed E-state index contributed by atoms with van der Waals surface area (Å²) in [5, 5.41) is 0. The number of aromatic nitrogens is 4. The number of nitrogens with one attached hydrogen (secondary N) is 2. The topological polar surface area (TPSA) is 66.6 Å². The summed E-state index contributed by atoms with van der Waals surface area (Å²) in [6, 6.07) is 30.7. The van der Waals surface area contributed by atoms with E-state index in [-0.39, 0.29) is 0 Å². The van der Waals surface area contributed by atoms with Crippen LogP contribution < -0.4 is 4.74 Å². The van der Waals surface area contributed by atoms with Crippen molar-refractivity contribution in [2.75, 3.05) is 7.11 Å². The number of aromatic amines is 2. The van der Waals surface area contributed by atoms with E-state index in [2.05, 4.69) is 58.5 Å². The summed E-state index contributed by atoms with van der Waals surface area (Å²) in [7, 11) is 1.67. The number of ether oxygens (including phenoxy) is 1. The molecule has 0 radical (unpaired) electrons. The van der Waals surface area contributed by atoms with Crippen molar-refractivity contribution in [3.05, 3.63) is 91.0 Å². The van der Waals surface area contributed by atoms with Crippen molar-refractivity contribution in [2.24, 2.45) is 0 Å². The van der Waals surface area contributed by atoms with Crippen LogP contribution in [-0.4, -0.2) is 27.0 Å². The van der Waals surface area contributed by atoms with Gasteiger partial charge in [0.25, 0.3) is 0 Å². The number of methoxy groups -OCH3 is 1. The van der Waals surface area contributed by atoms with Gasteiger partial charge in [-0.3, -0.25) is 0 Å². The van der Waals surface area contributed by atoms with E-state index >= 15 is 0 Å². The van der Waals surface area contributed by atoms with Crippen LogP contribution in [0.2, 0.25) is 0 Å². The molecule has 0 saturated heterocycles. The zero-order chi connectivity index (χ0) is 21.5. The molecule has 32 heavy (non-hydrogen) atoms. The molecule has 0 aliphatic carbocycles. The maximum absolute atomic E-state index is 5.25. The summed E-state index contributed by atoms with van der Waals surface area (Å²) in [4.78, 5) is 16.4. The predicted octanol–water partition coefficient (Wildman–Crippen LogP) is 6.45. The van der Waals surface area contributed by atoms with Crippen LogP contribution in [-0.2, 0) is 0 Å². The molecule has 5 nitrogen and oxygen atoms in total. The van der Waals surface area contributed by atoms with Gasteiger partial charge in [0.15, 0.2) is 0 Å². The monoisotopic (exact) mass is 416 g/mol. The van der Waals surface area contributed by atoms with Gasteiger partial charge in [0.05, 0.1) is 29.2 Å². The molecule has 0 unspecified atom stereocenters. The van der Waals surface area contributed by atoms with Gasteiger partial charge in [0.2, 0.25) is 0 Å². The van der Waals surface area contributed by atoms with Crippen molar-refractivity contribution in [3.8, 4) is 39.7 Å². The maximum atomic E-state index is 5.25. The normalized spacial score (nSPS) is 11.3. The Morgan fingerprint density at radius 3 is 1.97 bits per heavy atom. The quantitative estimate of drug-likeness (QED) is 0.347. The highest BCUT2D eigenvalue weighted by atomic mass is 16.5. The van der Waals surface area contributed by atoms with Crippen molar-refractivity contribution in [2.45, 2.75) is 0 Å². The average Bonchev–Trinajstić information content (AvgIpc) is 3.48. The van der Waals surface area contributed by atoms with Crippen LogP contribution in [0.5, 0.6) is 5.75 Å². The first kappa shape index (κ1) is 18.4. The number of H-pyrrole nitrogens is 2. The fourth-order valence-electron chi connectivity index (χ4n) is 3.99. The first-order chi connectivity index (χ1) is 15.8. The third-order valence-electron chi connectivity index (χ3n) is 5.71. The number of fused-ring (bicyclic) bond motifs is 2. The second-order valence-electron chi connectivity index (χ2n) is 7.73. The van der Waals surface area contributed by atoms with Gasteiger partial charge in [-0.25, -0.2) is 9.97 Å². The molecule has 6 rings (SSSR count). The summed E-state index contributed by atoms with van der Waals surface area (Å²) in [6.07, 6.45) is 0. The molecule has 2 heterocycles. The second-order valence-corrected chi connectivity index (χ2v) is 7.73. The molecular formula is C27H20N4O. The van der Waals surface area contributed by atoms with Crippen molar-refractivity contribution < 1.29 is 4.74 Å².